The van der Waals surface area contributed by atoms with Crippen LogP contribution in [0.3, 0.4) is 0 Å². The number of aromatic nitrogens is 1. The van der Waals surface area contributed by atoms with Crippen LogP contribution in [0.2, 0.25) is 0 Å². The molecule has 49 heavy (non-hydrogen) atoms. The molecular formula is C46H33N3. The maximum atomic E-state index is 5.08. The van der Waals surface area contributed by atoms with E-state index in [-0.39, 0.29) is 6.04 Å². The van der Waals surface area contributed by atoms with E-state index in [1.165, 1.54) is 71.3 Å². The molecule has 0 bridgehead atoms. The molecule has 0 radical (unpaired) electrons. The third-order valence-corrected chi connectivity index (χ3v) is 10.4. The lowest BCUT2D eigenvalue weighted by Gasteiger charge is -2.26. The fourth-order valence-electron chi connectivity index (χ4n) is 8.04. The van der Waals surface area contributed by atoms with E-state index >= 15 is 0 Å². The topological polar surface area (TPSA) is 29.3 Å². The van der Waals surface area contributed by atoms with Crippen LogP contribution in [-0.2, 0) is 0 Å². The van der Waals surface area contributed by atoms with Gasteiger partial charge in [-0.05, 0) is 75.9 Å². The Morgan fingerprint density at radius 2 is 1.29 bits per heavy atom. The van der Waals surface area contributed by atoms with Gasteiger partial charge in [0.15, 0.2) is 0 Å². The molecule has 2 unspecified atom stereocenters. The molecule has 1 aliphatic carbocycles. The second-order valence-corrected chi connectivity index (χ2v) is 13.2. The number of hydrogen-bond acceptors (Lipinski definition) is 2. The van der Waals surface area contributed by atoms with Crippen molar-refractivity contribution in [3.63, 3.8) is 0 Å². The lowest BCUT2D eigenvalue weighted by atomic mass is 9.84. The van der Waals surface area contributed by atoms with Crippen LogP contribution in [-0.4, -0.2) is 10.8 Å². The van der Waals surface area contributed by atoms with Gasteiger partial charge in [0.05, 0.1) is 28.5 Å². The first-order valence-electron chi connectivity index (χ1n) is 17.1. The van der Waals surface area contributed by atoms with Crippen molar-refractivity contribution < 1.29 is 0 Å². The third kappa shape index (κ3) is 4.54. The summed E-state index contributed by atoms with van der Waals surface area (Å²) in [6.45, 7) is 0. The van der Waals surface area contributed by atoms with Gasteiger partial charge in [-0.15, -0.1) is 0 Å². The smallest absolute Gasteiger partial charge is 0.0943 e. The number of allylic oxidation sites excluding steroid dienone is 4. The van der Waals surface area contributed by atoms with Crippen molar-refractivity contribution in [2.45, 2.75) is 18.4 Å². The number of benzene rings is 7. The first kappa shape index (κ1) is 27.9. The summed E-state index contributed by atoms with van der Waals surface area (Å²) in [4.78, 5) is 5.08. The molecule has 1 aromatic heterocycles. The molecule has 3 nitrogen and oxygen atoms in total. The molecular weight excluding hydrogens is 595 g/mol. The number of hydrogen-bond donors (Lipinski definition) is 1. The fourth-order valence-corrected chi connectivity index (χ4v) is 8.04. The van der Waals surface area contributed by atoms with Crippen LogP contribution in [0.5, 0.6) is 0 Å². The molecule has 2 heterocycles. The first-order valence-corrected chi connectivity index (χ1v) is 17.1. The van der Waals surface area contributed by atoms with Crippen LogP contribution < -0.4 is 5.32 Å². The Hall–Kier alpha value is -6.19. The molecule has 10 rings (SSSR count). The van der Waals surface area contributed by atoms with Crippen molar-refractivity contribution in [3.8, 4) is 5.69 Å². The molecule has 1 N–H and O–H groups in total. The Balaban J connectivity index is 0.971. The molecule has 2 atom stereocenters. The summed E-state index contributed by atoms with van der Waals surface area (Å²) in [6, 6.07) is 52.7. The zero-order valence-electron chi connectivity index (χ0n) is 26.9. The van der Waals surface area contributed by atoms with Crippen LogP contribution in [0.15, 0.2) is 169 Å². The van der Waals surface area contributed by atoms with Crippen molar-refractivity contribution in [1.29, 1.82) is 0 Å². The number of rotatable bonds is 4. The second-order valence-electron chi connectivity index (χ2n) is 13.2. The lowest BCUT2D eigenvalue weighted by Crippen LogP contribution is -2.16. The maximum Gasteiger partial charge on any atom is 0.0943 e. The summed E-state index contributed by atoms with van der Waals surface area (Å²) in [5, 5.41) is 11.3. The molecule has 0 amide bonds. The number of para-hydroxylation sites is 2. The lowest BCUT2D eigenvalue weighted by molar-refractivity contribution is 0.869. The molecule has 2 aliphatic rings. The molecule has 1 aliphatic heterocycles. The van der Waals surface area contributed by atoms with Gasteiger partial charge in [0, 0.05) is 39.4 Å². The summed E-state index contributed by atoms with van der Waals surface area (Å²) in [5.74, 6) is 0.299. The Labute approximate surface area is 285 Å². The van der Waals surface area contributed by atoms with Crippen molar-refractivity contribution in [3.05, 3.63) is 181 Å². The molecule has 7 aromatic carbocycles. The maximum absolute atomic E-state index is 5.08. The number of nitrogens with zero attached hydrogens (tertiary/aromatic N) is 2. The highest BCUT2D eigenvalue weighted by Crippen LogP contribution is 2.45. The number of anilines is 1. The van der Waals surface area contributed by atoms with Crippen LogP contribution in [0.1, 0.15) is 35.1 Å². The van der Waals surface area contributed by atoms with Gasteiger partial charge < -0.3 is 9.88 Å². The monoisotopic (exact) mass is 627 g/mol. The van der Waals surface area contributed by atoms with Gasteiger partial charge in [0.1, 0.15) is 0 Å². The minimum Gasteiger partial charge on any atom is -0.371 e. The molecule has 0 spiro atoms. The molecule has 0 saturated carbocycles. The SMILES string of the molecule is C1=CC(c2ccc3c(c2)c2ccccc2n3-c2ccccc2)CC(c2cccc(C3C=Nc4c(c5ccccc5c5ccccc45)N3)c2)=C1. The third-order valence-electron chi connectivity index (χ3n) is 10.4. The van der Waals surface area contributed by atoms with E-state index in [1.54, 1.807) is 0 Å². The van der Waals surface area contributed by atoms with Gasteiger partial charge in [-0.25, -0.2) is 0 Å². The van der Waals surface area contributed by atoms with Crippen LogP contribution >= 0.6 is 0 Å². The minimum atomic E-state index is -0.0168. The van der Waals surface area contributed by atoms with E-state index in [4.69, 9.17) is 4.99 Å². The highest BCUT2D eigenvalue weighted by molar-refractivity contribution is 6.20. The largest absolute Gasteiger partial charge is 0.371 e. The van der Waals surface area contributed by atoms with Crippen LogP contribution in [0.25, 0.3) is 54.6 Å². The first-order chi connectivity index (χ1) is 24.3. The second kappa shape index (κ2) is 11.2. The normalized spacial score (nSPS) is 17.0. The molecule has 232 valence electrons. The standard InChI is InChI=1S/C46H33N3/c1-2-16-35(17-3-1)49-43-23-9-8-20-38(43)41-28-33(24-25-44(41)49)31-13-10-12-30(26-31)32-14-11-15-34(27-32)42-29-47-45-39-21-6-4-18-36(39)37-19-5-7-22-40(37)46(45)48-42/h1-25,27-29,31,42,48H,26H2. The van der Waals surface area contributed by atoms with E-state index in [0.29, 0.717) is 5.92 Å². The quantitative estimate of drug-likeness (QED) is 0.193. The van der Waals surface area contributed by atoms with E-state index in [2.05, 4.69) is 180 Å². The Morgan fingerprint density at radius 1 is 0.571 bits per heavy atom. The van der Waals surface area contributed by atoms with E-state index in [0.717, 1.165) is 17.8 Å². The van der Waals surface area contributed by atoms with Gasteiger partial charge in [0.25, 0.3) is 0 Å². The van der Waals surface area contributed by atoms with E-state index < -0.39 is 0 Å². The summed E-state index contributed by atoms with van der Waals surface area (Å²) in [7, 11) is 0. The van der Waals surface area contributed by atoms with E-state index in [1.807, 2.05) is 0 Å². The predicted octanol–water partition coefficient (Wildman–Crippen LogP) is 12.1. The number of fused-ring (bicyclic) bond motifs is 9. The Morgan fingerprint density at radius 3 is 2.14 bits per heavy atom. The highest BCUT2D eigenvalue weighted by atomic mass is 15.0. The summed E-state index contributed by atoms with van der Waals surface area (Å²) < 4.78 is 2.38. The van der Waals surface area contributed by atoms with Crippen LogP contribution in [0, 0.1) is 0 Å². The van der Waals surface area contributed by atoms with Gasteiger partial charge in [-0.2, -0.15) is 0 Å². The molecule has 0 saturated heterocycles. The average molecular weight is 628 g/mol. The fraction of sp³-hybridized carbons (Fsp3) is 0.0652. The van der Waals surface area contributed by atoms with Crippen molar-refractivity contribution in [2.24, 2.45) is 4.99 Å². The van der Waals surface area contributed by atoms with Crippen molar-refractivity contribution >= 4 is 66.5 Å². The average Bonchev–Trinajstić information content (AvgIpc) is 3.52. The summed E-state index contributed by atoms with van der Waals surface area (Å²) in [5.41, 5.74) is 11.0. The van der Waals surface area contributed by atoms with Crippen LogP contribution in [0.4, 0.5) is 11.4 Å². The molecule has 3 heteroatoms. The zero-order chi connectivity index (χ0) is 32.3. The van der Waals surface area contributed by atoms with Gasteiger partial charge in [0.2, 0.25) is 0 Å². The molecule has 8 aromatic rings. The summed E-state index contributed by atoms with van der Waals surface area (Å²) in [6.07, 6.45) is 9.90. The Bertz CT molecular complexity index is 2670. The highest BCUT2D eigenvalue weighted by Gasteiger charge is 2.23. The van der Waals surface area contributed by atoms with Gasteiger partial charge in [-0.1, -0.05) is 127 Å². The van der Waals surface area contributed by atoms with Gasteiger partial charge in [-0.3, -0.25) is 4.99 Å². The van der Waals surface area contributed by atoms with Crippen molar-refractivity contribution in [1.82, 2.24) is 4.57 Å². The summed E-state index contributed by atoms with van der Waals surface area (Å²) >= 11 is 0. The number of aliphatic imine (C=N–C) groups is 1. The minimum absolute atomic E-state index is 0.0168. The van der Waals surface area contributed by atoms with E-state index in [9.17, 15) is 0 Å². The predicted molar refractivity (Wildman–Crippen MR) is 208 cm³/mol. The van der Waals surface area contributed by atoms with Crippen molar-refractivity contribution in [2.75, 3.05) is 5.32 Å². The Kier molecular flexibility index (Phi) is 6.38. The molecule has 0 fully saturated rings. The van der Waals surface area contributed by atoms with Gasteiger partial charge >= 0.3 is 0 Å². The zero-order valence-corrected chi connectivity index (χ0v) is 26.9. The number of nitrogens with one attached hydrogen (secondary N) is 1.